The minimum absolute atomic E-state index is 0.146. The number of benzene rings is 3. The zero-order valence-electron chi connectivity index (χ0n) is 18.2. The molecule has 1 N–H and O–H groups in total. The SMILES string of the molecule is CCOc1ccc(CN2C(=O)c3ccccc3[C@H]2C(=O)NCc2ccccc2OC)cc1. The lowest BCUT2D eigenvalue weighted by atomic mass is 10.0. The van der Waals surface area contributed by atoms with Gasteiger partial charge in [-0.3, -0.25) is 9.59 Å². The van der Waals surface area contributed by atoms with Crippen molar-refractivity contribution in [3.8, 4) is 11.5 Å². The predicted octanol–water partition coefficient (Wildman–Crippen LogP) is 4.11. The number of amides is 2. The van der Waals surface area contributed by atoms with Crippen LogP contribution in [0.5, 0.6) is 11.5 Å². The van der Waals surface area contributed by atoms with Crippen LogP contribution in [-0.4, -0.2) is 30.4 Å². The van der Waals surface area contributed by atoms with Crippen LogP contribution >= 0.6 is 0 Å². The Hall–Kier alpha value is -3.80. The first-order valence-corrected chi connectivity index (χ1v) is 10.6. The number of methoxy groups -OCH3 is 1. The van der Waals surface area contributed by atoms with Crippen LogP contribution in [-0.2, 0) is 17.9 Å². The van der Waals surface area contributed by atoms with Gasteiger partial charge in [-0.15, -0.1) is 0 Å². The maximum absolute atomic E-state index is 13.3. The first kappa shape index (κ1) is 21.4. The number of carbonyl (C=O) groups is 2. The van der Waals surface area contributed by atoms with Crippen molar-refractivity contribution < 1.29 is 19.1 Å². The van der Waals surface area contributed by atoms with E-state index >= 15 is 0 Å². The number of carbonyl (C=O) groups excluding carboxylic acids is 2. The Kier molecular flexibility index (Phi) is 6.40. The number of hydrogen-bond acceptors (Lipinski definition) is 4. The molecule has 1 aliphatic heterocycles. The zero-order chi connectivity index (χ0) is 22.5. The van der Waals surface area contributed by atoms with Crippen molar-refractivity contribution in [3.05, 3.63) is 95.1 Å². The summed E-state index contributed by atoms with van der Waals surface area (Å²) in [7, 11) is 1.60. The highest BCUT2D eigenvalue weighted by molar-refractivity contribution is 6.04. The van der Waals surface area contributed by atoms with Gasteiger partial charge < -0.3 is 19.7 Å². The number of para-hydroxylation sites is 1. The van der Waals surface area contributed by atoms with Gasteiger partial charge in [0.05, 0.1) is 13.7 Å². The van der Waals surface area contributed by atoms with Gasteiger partial charge in [0.1, 0.15) is 17.5 Å². The molecular formula is C26H26N2O4. The molecular weight excluding hydrogens is 404 g/mol. The highest BCUT2D eigenvalue weighted by atomic mass is 16.5. The lowest BCUT2D eigenvalue weighted by Crippen LogP contribution is -2.38. The number of nitrogens with zero attached hydrogens (tertiary/aromatic N) is 1. The Morgan fingerprint density at radius 1 is 1.00 bits per heavy atom. The summed E-state index contributed by atoms with van der Waals surface area (Å²) in [6, 6.07) is 21.7. The molecule has 0 saturated carbocycles. The Balaban J connectivity index is 1.56. The number of ether oxygens (including phenoxy) is 2. The fourth-order valence-electron chi connectivity index (χ4n) is 4.00. The van der Waals surface area contributed by atoms with Crippen LogP contribution in [0.15, 0.2) is 72.8 Å². The smallest absolute Gasteiger partial charge is 0.255 e. The second kappa shape index (κ2) is 9.56. The fraction of sp³-hybridized carbons (Fsp3) is 0.231. The highest BCUT2D eigenvalue weighted by Gasteiger charge is 2.40. The molecule has 6 heteroatoms. The van der Waals surface area contributed by atoms with E-state index in [1.807, 2.05) is 73.7 Å². The Bertz CT molecular complexity index is 1110. The third-order valence-electron chi connectivity index (χ3n) is 5.54. The van der Waals surface area contributed by atoms with E-state index in [-0.39, 0.29) is 11.8 Å². The van der Waals surface area contributed by atoms with E-state index < -0.39 is 6.04 Å². The molecule has 0 unspecified atom stereocenters. The molecule has 0 aromatic heterocycles. The van der Waals surface area contributed by atoms with E-state index in [1.54, 1.807) is 18.1 Å². The van der Waals surface area contributed by atoms with Crippen molar-refractivity contribution in [2.24, 2.45) is 0 Å². The number of rotatable bonds is 8. The van der Waals surface area contributed by atoms with E-state index in [4.69, 9.17) is 9.47 Å². The van der Waals surface area contributed by atoms with Gasteiger partial charge in [-0.1, -0.05) is 48.5 Å². The van der Waals surface area contributed by atoms with Gasteiger partial charge in [-0.2, -0.15) is 0 Å². The van der Waals surface area contributed by atoms with Crippen LogP contribution in [0.3, 0.4) is 0 Å². The third-order valence-corrected chi connectivity index (χ3v) is 5.54. The maximum Gasteiger partial charge on any atom is 0.255 e. The Morgan fingerprint density at radius 3 is 2.47 bits per heavy atom. The summed E-state index contributed by atoms with van der Waals surface area (Å²) in [5.74, 6) is 1.12. The van der Waals surface area contributed by atoms with Crippen LogP contribution in [0.25, 0.3) is 0 Å². The van der Waals surface area contributed by atoms with E-state index in [0.29, 0.717) is 31.0 Å². The van der Waals surface area contributed by atoms with Gasteiger partial charge in [0.15, 0.2) is 0 Å². The van der Waals surface area contributed by atoms with Crippen molar-refractivity contribution >= 4 is 11.8 Å². The number of nitrogens with one attached hydrogen (secondary N) is 1. The normalized spacial score (nSPS) is 14.8. The molecule has 3 aromatic rings. The standard InChI is InChI=1S/C26H26N2O4/c1-3-32-20-14-12-18(13-15-20)17-28-24(21-9-5-6-10-22(21)26(28)30)25(29)27-16-19-8-4-7-11-23(19)31-2/h4-15,24H,3,16-17H2,1-2H3,(H,27,29)/t24-/m0/s1. The summed E-state index contributed by atoms with van der Waals surface area (Å²) < 4.78 is 10.9. The van der Waals surface area contributed by atoms with Gasteiger partial charge in [0, 0.05) is 24.2 Å². The molecule has 164 valence electrons. The number of fused-ring (bicyclic) bond motifs is 1. The summed E-state index contributed by atoms with van der Waals surface area (Å²) in [5.41, 5.74) is 3.09. The molecule has 0 radical (unpaired) electrons. The zero-order valence-corrected chi connectivity index (χ0v) is 18.2. The van der Waals surface area contributed by atoms with Gasteiger partial charge in [-0.05, 0) is 42.3 Å². The molecule has 6 nitrogen and oxygen atoms in total. The van der Waals surface area contributed by atoms with Gasteiger partial charge in [-0.25, -0.2) is 0 Å². The van der Waals surface area contributed by atoms with Crippen molar-refractivity contribution in [2.45, 2.75) is 26.1 Å². The monoisotopic (exact) mass is 430 g/mol. The average Bonchev–Trinajstić information content (AvgIpc) is 3.10. The molecule has 2 amide bonds. The number of hydrogen-bond donors (Lipinski definition) is 1. The topological polar surface area (TPSA) is 67.9 Å². The van der Waals surface area contributed by atoms with Crippen LogP contribution in [0, 0.1) is 0 Å². The van der Waals surface area contributed by atoms with Crippen LogP contribution in [0.1, 0.15) is 40.0 Å². The van der Waals surface area contributed by atoms with Gasteiger partial charge in [0.25, 0.3) is 5.91 Å². The average molecular weight is 431 g/mol. The molecule has 32 heavy (non-hydrogen) atoms. The Morgan fingerprint density at radius 2 is 1.72 bits per heavy atom. The van der Waals surface area contributed by atoms with Crippen molar-refractivity contribution in [1.29, 1.82) is 0 Å². The molecule has 1 heterocycles. The molecule has 0 saturated heterocycles. The second-order valence-electron chi connectivity index (χ2n) is 7.53. The predicted molar refractivity (Wildman–Crippen MR) is 122 cm³/mol. The van der Waals surface area contributed by atoms with E-state index in [0.717, 1.165) is 22.4 Å². The van der Waals surface area contributed by atoms with E-state index in [1.165, 1.54) is 0 Å². The fourth-order valence-corrected chi connectivity index (χ4v) is 4.00. The minimum Gasteiger partial charge on any atom is -0.496 e. The summed E-state index contributed by atoms with van der Waals surface area (Å²) in [6.07, 6.45) is 0. The quantitative estimate of drug-likeness (QED) is 0.584. The third kappa shape index (κ3) is 4.30. The second-order valence-corrected chi connectivity index (χ2v) is 7.53. The summed E-state index contributed by atoms with van der Waals surface area (Å²) >= 11 is 0. The maximum atomic E-state index is 13.3. The Labute approximate surface area is 187 Å². The first-order valence-electron chi connectivity index (χ1n) is 10.6. The van der Waals surface area contributed by atoms with Crippen molar-refractivity contribution in [2.75, 3.05) is 13.7 Å². The molecule has 0 aliphatic carbocycles. The summed E-state index contributed by atoms with van der Waals surface area (Å²) in [4.78, 5) is 28.1. The van der Waals surface area contributed by atoms with Gasteiger partial charge >= 0.3 is 0 Å². The van der Waals surface area contributed by atoms with Crippen LogP contribution < -0.4 is 14.8 Å². The van der Waals surface area contributed by atoms with E-state index in [9.17, 15) is 9.59 Å². The molecule has 3 aromatic carbocycles. The lowest BCUT2D eigenvalue weighted by Gasteiger charge is -2.25. The van der Waals surface area contributed by atoms with Crippen LogP contribution in [0.2, 0.25) is 0 Å². The molecule has 0 fully saturated rings. The first-order chi connectivity index (χ1) is 15.6. The largest absolute Gasteiger partial charge is 0.496 e. The highest BCUT2D eigenvalue weighted by Crippen LogP contribution is 2.35. The molecule has 4 rings (SSSR count). The van der Waals surface area contributed by atoms with E-state index in [2.05, 4.69) is 5.32 Å². The minimum atomic E-state index is -0.694. The molecule has 1 atom stereocenters. The van der Waals surface area contributed by atoms with Crippen molar-refractivity contribution in [3.63, 3.8) is 0 Å². The summed E-state index contributed by atoms with van der Waals surface area (Å²) in [6.45, 7) is 3.16. The molecule has 0 spiro atoms. The van der Waals surface area contributed by atoms with Gasteiger partial charge in [0.2, 0.25) is 5.91 Å². The van der Waals surface area contributed by atoms with Crippen LogP contribution in [0.4, 0.5) is 0 Å². The lowest BCUT2D eigenvalue weighted by molar-refractivity contribution is -0.125. The summed E-state index contributed by atoms with van der Waals surface area (Å²) in [5, 5.41) is 2.99. The molecule has 1 aliphatic rings. The molecule has 0 bridgehead atoms. The van der Waals surface area contributed by atoms with Crippen molar-refractivity contribution in [1.82, 2.24) is 10.2 Å².